The molecule has 10 heteroatoms. The van der Waals surface area contributed by atoms with Gasteiger partial charge in [0.2, 0.25) is 11.8 Å². The number of nitrogens with two attached hydrogens (primary N) is 3. The Morgan fingerprint density at radius 2 is 1.00 bits per heavy atom. The van der Waals surface area contributed by atoms with Crippen LogP contribution in [-0.4, -0.2) is 85.7 Å². The second-order valence-electron chi connectivity index (χ2n) is 13.5. The summed E-state index contributed by atoms with van der Waals surface area (Å²) < 4.78 is 0. The molecule has 258 valence electrons. The van der Waals surface area contributed by atoms with Gasteiger partial charge in [0.25, 0.3) is 0 Å². The minimum atomic E-state index is -1.59. The molecule has 0 bridgehead atoms. The summed E-state index contributed by atoms with van der Waals surface area (Å²) in [6, 6.07) is 15.2. The van der Waals surface area contributed by atoms with Gasteiger partial charge in [-0.05, 0) is 61.5 Å². The minimum absolute atomic E-state index is 0.0165. The van der Waals surface area contributed by atoms with Crippen LogP contribution in [0.3, 0.4) is 0 Å². The molecule has 46 heavy (non-hydrogen) atoms. The summed E-state index contributed by atoms with van der Waals surface area (Å²) in [5.41, 5.74) is 20.3. The molecular weight excluding hydrogens is 584 g/mol. The molecule has 0 aliphatic heterocycles. The molecule has 2 amide bonds. The number of carbonyl (C=O) groups is 2. The largest absolute Gasteiger partial charge is 0.391 e. The number of aliphatic hydroxyl groups excluding tert-OH is 4. The Hall–Kier alpha value is -2.70. The topological polar surface area (TPSA) is 196 Å². The van der Waals surface area contributed by atoms with Gasteiger partial charge in [0.05, 0.1) is 24.4 Å². The zero-order valence-corrected chi connectivity index (χ0v) is 28.0. The van der Waals surface area contributed by atoms with E-state index in [0.29, 0.717) is 12.8 Å². The normalized spacial score (nSPS) is 17.2. The van der Waals surface area contributed by atoms with Gasteiger partial charge in [0.15, 0.2) is 0 Å². The molecule has 0 aliphatic carbocycles. The maximum absolute atomic E-state index is 13.9. The van der Waals surface area contributed by atoms with Crippen molar-refractivity contribution in [3.05, 3.63) is 71.8 Å². The number of imide groups is 1. The quantitative estimate of drug-likeness (QED) is 0.113. The molecule has 2 rings (SSSR count). The van der Waals surface area contributed by atoms with Crippen molar-refractivity contribution in [2.45, 2.75) is 128 Å². The lowest BCUT2D eigenvalue weighted by Gasteiger charge is -2.37. The van der Waals surface area contributed by atoms with Gasteiger partial charge in [-0.3, -0.25) is 14.5 Å². The maximum Gasteiger partial charge on any atom is 0.229 e. The highest BCUT2D eigenvalue weighted by molar-refractivity contribution is 5.95. The van der Waals surface area contributed by atoms with E-state index in [4.69, 9.17) is 17.2 Å². The predicted octanol–water partition coefficient (Wildman–Crippen LogP) is 2.27. The number of hydrogen-bond donors (Lipinski definition) is 7. The predicted molar refractivity (Wildman–Crippen MR) is 181 cm³/mol. The van der Waals surface area contributed by atoms with Crippen LogP contribution in [0.15, 0.2) is 60.7 Å². The molecule has 10 nitrogen and oxygen atoms in total. The van der Waals surface area contributed by atoms with Crippen molar-refractivity contribution in [3.8, 4) is 0 Å². The molecule has 2 aromatic carbocycles. The van der Waals surface area contributed by atoms with Crippen LogP contribution in [0.1, 0.15) is 77.3 Å². The van der Waals surface area contributed by atoms with Crippen LogP contribution in [0.25, 0.3) is 0 Å². The standard InChI is InChI=1S/C36H58N4O6/c1-23(2)19-27(37)31(41)15-17-33(43)40(34(44)18-16-32(42)28(38)20-24(3)4)30(22-26-13-9-6-10-14-26)36(46)35(45)29(39)21-25-11-7-5-8-12-25/h5-14,23-24,27-32,35-36,41-42,45-46H,15-22,37-39H2,1-4H3/t27-,28-,29-,30-,31-,32-,35-,36-/m0/s1. The molecule has 0 unspecified atom stereocenters. The van der Waals surface area contributed by atoms with E-state index in [1.54, 1.807) is 0 Å². The average Bonchev–Trinajstić information content (AvgIpc) is 3.01. The van der Waals surface area contributed by atoms with Gasteiger partial charge in [-0.15, -0.1) is 0 Å². The molecular formula is C36H58N4O6. The Kier molecular flexibility index (Phi) is 17.0. The minimum Gasteiger partial charge on any atom is -0.391 e. The van der Waals surface area contributed by atoms with E-state index < -0.39 is 60.4 Å². The van der Waals surface area contributed by atoms with Crippen molar-refractivity contribution in [1.29, 1.82) is 0 Å². The average molecular weight is 643 g/mol. The maximum atomic E-state index is 13.9. The first-order valence-corrected chi connectivity index (χ1v) is 16.6. The van der Waals surface area contributed by atoms with Crippen molar-refractivity contribution >= 4 is 11.8 Å². The first-order valence-electron chi connectivity index (χ1n) is 16.6. The van der Waals surface area contributed by atoms with Gasteiger partial charge in [-0.2, -0.15) is 0 Å². The second kappa shape index (κ2) is 19.8. The Morgan fingerprint density at radius 1 is 0.609 bits per heavy atom. The summed E-state index contributed by atoms with van der Waals surface area (Å²) in [5.74, 6) is -0.742. The van der Waals surface area contributed by atoms with Gasteiger partial charge < -0.3 is 37.6 Å². The van der Waals surface area contributed by atoms with Gasteiger partial charge >= 0.3 is 0 Å². The molecule has 0 saturated carbocycles. The number of hydrogen-bond acceptors (Lipinski definition) is 9. The second-order valence-corrected chi connectivity index (χ2v) is 13.5. The van der Waals surface area contributed by atoms with E-state index in [0.717, 1.165) is 16.0 Å². The van der Waals surface area contributed by atoms with Crippen molar-refractivity contribution in [2.24, 2.45) is 29.0 Å². The zero-order valence-electron chi connectivity index (χ0n) is 28.0. The highest BCUT2D eigenvalue weighted by Gasteiger charge is 2.39. The molecule has 0 heterocycles. The van der Waals surface area contributed by atoms with E-state index in [1.807, 2.05) is 88.4 Å². The summed E-state index contributed by atoms with van der Waals surface area (Å²) in [6.45, 7) is 7.96. The number of nitrogens with zero attached hydrogens (tertiary/aromatic N) is 1. The lowest BCUT2D eigenvalue weighted by Crippen LogP contribution is -2.58. The fourth-order valence-corrected chi connectivity index (χ4v) is 5.83. The summed E-state index contributed by atoms with van der Waals surface area (Å²) in [7, 11) is 0. The molecule has 10 N–H and O–H groups in total. The SMILES string of the molecule is CC(C)C[C@H](N)[C@@H](O)CCC(=O)N(C(=O)CC[C@H](O)[C@@H](N)CC(C)C)[C@@H](Cc1ccccc1)[C@H](O)[C@@H](O)[C@@H](N)Cc1ccccc1. The summed E-state index contributed by atoms with van der Waals surface area (Å²) in [5, 5.41) is 44.4. The lowest BCUT2D eigenvalue weighted by atomic mass is 9.90. The zero-order chi connectivity index (χ0) is 34.4. The third kappa shape index (κ3) is 13.2. The van der Waals surface area contributed by atoms with Gasteiger partial charge in [-0.25, -0.2) is 0 Å². The molecule has 0 aliphatic rings. The van der Waals surface area contributed by atoms with Gasteiger partial charge in [0.1, 0.15) is 6.10 Å². The first-order chi connectivity index (χ1) is 21.7. The Morgan fingerprint density at radius 3 is 1.39 bits per heavy atom. The van der Waals surface area contributed by atoms with Crippen LogP contribution in [0, 0.1) is 11.8 Å². The van der Waals surface area contributed by atoms with E-state index in [9.17, 15) is 30.0 Å². The molecule has 0 fully saturated rings. The van der Waals surface area contributed by atoms with Crippen LogP contribution < -0.4 is 17.2 Å². The van der Waals surface area contributed by atoms with Crippen molar-refractivity contribution in [1.82, 2.24) is 4.90 Å². The highest BCUT2D eigenvalue weighted by atomic mass is 16.3. The van der Waals surface area contributed by atoms with E-state index in [2.05, 4.69) is 0 Å². The van der Waals surface area contributed by atoms with Crippen LogP contribution in [0.4, 0.5) is 0 Å². The summed E-state index contributed by atoms with van der Waals surface area (Å²) >= 11 is 0. The molecule has 2 aromatic rings. The van der Waals surface area contributed by atoms with Gasteiger partial charge in [0, 0.05) is 31.0 Å². The number of carbonyl (C=O) groups excluding carboxylic acids is 2. The van der Waals surface area contributed by atoms with Crippen molar-refractivity contribution in [3.63, 3.8) is 0 Å². The third-order valence-corrected chi connectivity index (χ3v) is 8.44. The molecule has 0 radical (unpaired) electrons. The lowest BCUT2D eigenvalue weighted by molar-refractivity contribution is -0.154. The molecule has 8 atom stereocenters. The van der Waals surface area contributed by atoms with E-state index >= 15 is 0 Å². The molecule has 0 aromatic heterocycles. The Labute approximate surface area is 275 Å². The summed E-state index contributed by atoms with van der Waals surface area (Å²) in [6.07, 6.45) is -3.95. The monoisotopic (exact) mass is 642 g/mol. The summed E-state index contributed by atoms with van der Waals surface area (Å²) in [4.78, 5) is 28.8. The van der Waals surface area contributed by atoms with Crippen LogP contribution in [0.5, 0.6) is 0 Å². The van der Waals surface area contributed by atoms with E-state index in [-0.39, 0.29) is 50.4 Å². The van der Waals surface area contributed by atoms with Crippen molar-refractivity contribution in [2.75, 3.05) is 0 Å². The van der Waals surface area contributed by atoms with E-state index in [1.165, 1.54) is 0 Å². The van der Waals surface area contributed by atoms with Crippen molar-refractivity contribution < 1.29 is 30.0 Å². The smallest absolute Gasteiger partial charge is 0.229 e. The fraction of sp³-hybridized carbons (Fsp3) is 0.611. The number of aliphatic hydroxyl groups is 4. The Balaban J connectivity index is 2.40. The highest BCUT2D eigenvalue weighted by Crippen LogP contribution is 2.22. The van der Waals surface area contributed by atoms with Crippen LogP contribution in [-0.2, 0) is 22.4 Å². The first kappa shape index (κ1) is 39.5. The molecule has 0 spiro atoms. The van der Waals surface area contributed by atoms with Crippen LogP contribution in [0.2, 0.25) is 0 Å². The van der Waals surface area contributed by atoms with Gasteiger partial charge in [-0.1, -0.05) is 88.4 Å². The van der Waals surface area contributed by atoms with Crippen LogP contribution >= 0.6 is 0 Å². The number of amides is 2. The third-order valence-electron chi connectivity index (χ3n) is 8.44. The Bertz CT molecular complexity index is 1110. The number of benzene rings is 2. The number of rotatable bonds is 20. The molecule has 0 saturated heterocycles. The fourth-order valence-electron chi connectivity index (χ4n) is 5.83.